The molecule has 3 rings (SSSR count). The number of benzene rings is 2. The minimum Gasteiger partial charge on any atom is -0.478 e. The minimum absolute atomic E-state index is 0.244. The van der Waals surface area contributed by atoms with Crippen molar-refractivity contribution >= 4 is 22.9 Å². The zero-order valence-corrected chi connectivity index (χ0v) is 12.5. The third-order valence-corrected chi connectivity index (χ3v) is 3.63. The second kappa shape index (κ2) is 6.01. The molecule has 3 aromatic rings. The normalized spacial score (nSPS) is 11.7. The number of aliphatic carboxylic acids is 1. The van der Waals surface area contributed by atoms with Crippen molar-refractivity contribution in [1.29, 1.82) is 0 Å². The van der Waals surface area contributed by atoms with Gasteiger partial charge in [-0.3, -0.25) is 4.98 Å². The highest BCUT2D eigenvalue weighted by Crippen LogP contribution is 2.26. The van der Waals surface area contributed by atoms with Crippen LogP contribution in [0.1, 0.15) is 12.5 Å². The van der Waals surface area contributed by atoms with Crippen LogP contribution >= 0.6 is 0 Å². The number of carboxylic acids is 1. The van der Waals surface area contributed by atoms with Gasteiger partial charge < -0.3 is 5.11 Å². The lowest BCUT2D eigenvalue weighted by Crippen LogP contribution is -1.95. The first-order valence-electron chi connectivity index (χ1n) is 7.11. The molecule has 1 heterocycles. The molecule has 2 aromatic carbocycles. The van der Waals surface area contributed by atoms with Gasteiger partial charge in [-0.25, -0.2) is 9.18 Å². The highest BCUT2D eigenvalue weighted by Gasteiger charge is 2.07. The molecule has 1 N–H and O–H groups in total. The molecular weight excluding hydrogens is 293 g/mol. The molecule has 114 valence electrons. The number of hydrogen-bond acceptors (Lipinski definition) is 2. The summed E-state index contributed by atoms with van der Waals surface area (Å²) in [5.41, 5.74) is 3.29. The van der Waals surface area contributed by atoms with Gasteiger partial charge in [0, 0.05) is 22.7 Å². The monoisotopic (exact) mass is 307 g/mol. The summed E-state index contributed by atoms with van der Waals surface area (Å²) in [5, 5.41) is 9.88. The van der Waals surface area contributed by atoms with Crippen LogP contribution in [0.25, 0.3) is 28.1 Å². The first kappa shape index (κ1) is 14.9. The van der Waals surface area contributed by atoms with Gasteiger partial charge in [0.05, 0.1) is 5.52 Å². The molecule has 0 saturated carbocycles. The summed E-state index contributed by atoms with van der Waals surface area (Å²) in [7, 11) is 0. The van der Waals surface area contributed by atoms with E-state index in [0.29, 0.717) is 0 Å². The number of carbonyl (C=O) groups is 1. The average molecular weight is 307 g/mol. The van der Waals surface area contributed by atoms with Crippen LogP contribution in [0.4, 0.5) is 4.39 Å². The summed E-state index contributed by atoms with van der Waals surface area (Å²) < 4.78 is 13.4. The van der Waals surface area contributed by atoms with Crippen LogP contribution in [-0.2, 0) is 4.79 Å². The molecular formula is C19H14FNO2. The summed E-state index contributed by atoms with van der Waals surface area (Å²) in [5.74, 6) is -1.27. The van der Waals surface area contributed by atoms with Gasteiger partial charge in [0.15, 0.2) is 0 Å². The highest BCUT2D eigenvalue weighted by molar-refractivity contribution is 5.97. The summed E-state index contributed by atoms with van der Waals surface area (Å²) >= 11 is 0. The van der Waals surface area contributed by atoms with Crippen LogP contribution in [0, 0.1) is 5.82 Å². The molecule has 0 bridgehead atoms. The van der Waals surface area contributed by atoms with Crippen molar-refractivity contribution < 1.29 is 14.3 Å². The van der Waals surface area contributed by atoms with Crippen LogP contribution in [0.3, 0.4) is 0 Å². The Balaban J connectivity index is 2.18. The van der Waals surface area contributed by atoms with E-state index in [1.807, 2.05) is 30.3 Å². The lowest BCUT2D eigenvalue weighted by molar-refractivity contribution is -0.132. The first-order valence-corrected chi connectivity index (χ1v) is 7.11. The van der Waals surface area contributed by atoms with Crippen LogP contribution in [0.15, 0.2) is 60.3 Å². The van der Waals surface area contributed by atoms with E-state index in [1.54, 1.807) is 25.3 Å². The number of rotatable bonds is 3. The van der Waals surface area contributed by atoms with Crippen molar-refractivity contribution in [2.45, 2.75) is 6.92 Å². The molecule has 0 radical (unpaired) electrons. The lowest BCUT2D eigenvalue weighted by atomic mass is 10.0. The number of hydrogen-bond donors (Lipinski definition) is 1. The second-order valence-electron chi connectivity index (χ2n) is 5.28. The molecule has 0 aliphatic carbocycles. The Morgan fingerprint density at radius 2 is 1.91 bits per heavy atom. The summed E-state index contributed by atoms with van der Waals surface area (Å²) in [4.78, 5) is 15.4. The van der Waals surface area contributed by atoms with Gasteiger partial charge in [-0.2, -0.15) is 0 Å². The smallest absolute Gasteiger partial charge is 0.331 e. The largest absolute Gasteiger partial charge is 0.478 e. The Hall–Kier alpha value is -3.01. The Bertz CT molecular complexity index is 932. The number of fused-ring (bicyclic) bond motifs is 1. The van der Waals surface area contributed by atoms with Gasteiger partial charge in [-0.05, 0) is 48.4 Å². The molecule has 0 aliphatic rings. The Morgan fingerprint density at radius 3 is 2.65 bits per heavy atom. The van der Waals surface area contributed by atoms with Crippen LogP contribution in [0.2, 0.25) is 0 Å². The fourth-order valence-electron chi connectivity index (χ4n) is 2.42. The number of nitrogens with zero attached hydrogens (tertiary/aromatic N) is 1. The van der Waals surface area contributed by atoms with Gasteiger partial charge in [-0.15, -0.1) is 0 Å². The van der Waals surface area contributed by atoms with Crippen molar-refractivity contribution in [2.75, 3.05) is 0 Å². The van der Waals surface area contributed by atoms with E-state index in [2.05, 4.69) is 4.98 Å². The maximum atomic E-state index is 13.4. The zero-order chi connectivity index (χ0) is 16.4. The standard InChI is InChI=1S/C19H14FNO2/c1-12(19(22)23)8-14-5-3-7-18-17(14)10-15(11-21-18)13-4-2-6-16(20)9-13/h2-11H,1H3,(H,22,23)/b12-8+. The van der Waals surface area contributed by atoms with Crippen molar-refractivity contribution in [3.05, 3.63) is 71.7 Å². The third-order valence-electron chi connectivity index (χ3n) is 3.63. The van der Waals surface area contributed by atoms with Crippen LogP contribution in [0.5, 0.6) is 0 Å². The van der Waals surface area contributed by atoms with Gasteiger partial charge in [0.25, 0.3) is 0 Å². The van der Waals surface area contributed by atoms with Crippen molar-refractivity contribution in [1.82, 2.24) is 4.98 Å². The number of carboxylic acid groups (broad SMARTS) is 1. The predicted molar refractivity (Wildman–Crippen MR) is 88.4 cm³/mol. The topological polar surface area (TPSA) is 50.2 Å². The summed E-state index contributed by atoms with van der Waals surface area (Å²) in [6.45, 7) is 1.55. The fraction of sp³-hybridized carbons (Fsp3) is 0.0526. The molecule has 0 unspecified atom stereocenters. The summed E-state index contributed by atoms with van der Waals surface area (Å²) in [6.07, 6.45) is 3.30. The predicted octanol–water partition coefficient (Wildman–Crippen LogP) is 4.53. The van der Waals surface area contributed by atoms with E-state index in [9.17, 15) is 9.18 Å². The Morgan fingerprint density at radius 1 is 1.13 bits per heavy atom. The third kappa shape index (κ3) is 3.11. The fourth-order valence-corrected chi connectivity index (χ4v) is 2.42. The van der Waals surface area contributed by atoms with Crippen molar-refractivity contribution in [3.63, 3.8) is 0 Å². The molecule has 3 nitrogen and oxygen atoms in total. The molecule has 0 spiro atoms. The number of aromatic nitrogens is 1. The maximum absolute atomic E-state index is 13.4. The number of pyridine rings is 1. The molecule has 23 heavy (non-hydrogen) atoms. The molecule has 4 heteroatoms. The molecule has 1 aromatic heterocycles. The van der Waals surface area contributed by atoms with E-state index >= 15 is 0 Å². The minimum atomic E-state index is -0.962. The molecule has 0 fully saturated rings. The molecule has 0 atom stereocenters. The average Bonchev–Trinajstić information content (AvgIpc) is 2.54. The van der Waals surface area contributed by atoms with Crippen LogP contribution < -0.4 is 0 Å². The van der Waals surface area contributed by atoms with E-state index in [0.717, 1.165) is 27.6 Å². The Kier molecular flexibility index (Phi) is 3.89. The van der Waals surface area contributed by atoms with Gasteiger partial charge in [-0.1, -0.05) is 24.3 Å². The first-order chi connectivity index (χ1) is 11.0. The van der Waals surface area contributed by atoms with Crippen LogP contribution in [-0.4, -0.2) is 16.1 Å². The lowest BCUT2D eigenvalue weighted by Gasteiger charge is -2.07. The highest BCUT2D eigenvalue weighted by atomic mass is 19.1. The zero-order valence-electron chi connectivity index (χ0n) is 12.5. The van der Waals surface area contributed by atoms with E-state index < -0.39 is 5.97 Å². The molecule has 0 aliphatic heterocycles. The van der Waals surface area contributed by atoms with E-state index in [-0.39, 0.29) is 11.4 Å². The maximum Gasteiger partial charge on any atom is 0.331 e. The molecule has 0 amide bonds. The van der Waals surface area contributed by atoms with Gasteiger partial charge >= 0.3 is 5.97 Å². The number of halogens is 1. The molecule has 0 saturated heterocycles. The summed E-state index contributed by atoms with van der Waals surface area (Å²) in [6, 6.07) is 13.7. The van der Waals surface area contributed by atoms with Gasteiger partial charge in [0.2, 0.25) is 0 Å². The van der Waals surface area contributed by atoms with Gasteiger partial charge in [0.1, 0.15) is 5.82 Å². The van der Waals surface area contributed by atoms with E-state index in [1.165, 1.54) is 12.1 Å². The second-order valence-corrected chi connectivity index (χ2v) is 5.28. The SMILES string of the molecule is C/C(=C\c1cccc2ncc(-c3cccc(F)c3)cc12)C(=O)O. The van der Waals surface area contributed by atoms with Crippen molar-refractivity contribution in [2.24, 2.45) is 0 Å². The van der Waals surface area contributed by atoms with Crippen molar-refractivity contribution in [3.8, 4) is 11.1 Å². The Labute approximate surface area is 132 Å². The van der Waals surface area contributed by atoms with E-state index in [4.69, 9.17) is 5.11 Å². The quantitative estimate of drug-likeness (QED) is 0.723.